The van der Waals surface area contributed by atoms with Gasteiger partial charge in [-0.15, -0.1) is 0 Å². The SMILES string of the molecule is N/C(CNC(=O)CCc1ccco1)=N/O. The van der Waals surface area contributed by atoms with Crippen molar-refractivity contribution in [1.82, 2.24) is 5.32 Å². The van der Waals surface area contributed by atoms with Crippen molar-refractivity contribution in [2.24, 2.45) is 10.9 Å². The molecular weight excluding hydrogens is 198 g/mol. The van der Waals surface area contributed by atoms with E-state index in [2.05, 4.69) is 10.5 Å². The fraction of sp³-hybridized carbons (Fsp3) is 0.333. The number of rotatable bonds is 5. The summed E-state index contributed by atoms with van der Waals surface area (Å²) < 4.78 is 5.06. The Morgan fingerprint density at radius 1 is 1.67 bits per heavy atom. The molecule has 15 heavy (non-hydrogen) atoms. The molecule has 1 rings (SSSR count). The Hall–Kier alpha value is -1.98. The van der Waals surface area contributed by atoms with Crippen LogP contribution in [0.3, 0.4) is 0 Å². The molecule has 0 saturated carbocycles. The number of nitrogens with one attached hydrogen (secondary N) is 1. The first-order chi connectivity index (χ1) is 7.22. The second-order valence-corrected chi connectivity index (χ2v) is 2.95. The van der Waals surface area contributed by atoms with Gasteiger partial charge in [0.2, 0.25) is 5.91 Å². The summed E-state index contributed by atoms with van der Waals surface area (Å²) >= 11 is 0. The summed E-state index contributed by atoms with van der Waals surface area (Å²) in [5, 5.41) is 13.5. The van der Waals surface area contributed by atoms with Gasteiger partial charge in [-0.25, -0.2) is 0 Å². The standard InChI is InChI=1S/C9H13N3O3/c10-8(12-14)6-11-9(13)4-3-7-2-1-5-15-7/h1-2,5,14H,3-4,6H2,(H2,10,12)(H,11,13). The molecule has 0 bridgehead atoms. The monoisotopic (exact) mass is 211 g/mol. The minimum atomic E-state index is -0.169. The minimum Gasteiger partial charge on any atom is -0.469 e. The molecule has 82 valence electrons. The van der Waals surface area contributed by atoms with Gasteiger partial charge in [0, 0.05) is 12.8 Å². The van der Waals surface area contributed by atoms with Crippen LogP contribution in [0.15, 0.2) is 28.0 Å². The molecule has 0 atom stereocenters. The van der Waals surface area contributed by atoms with Gasteiger partial charge in [0.25, 0.3) is 0 Å². The molecule has 6 nitrogen and oxygen atoms in total. The van der Waals surface area contributed by atoms with E-state index in [1.807, 2.05) is 0 Å². The van der Waals surface area contributed by atoms with Crippen molar-refractivity contribution in [2.45, 2.75) is 12.8 Å². The molecule has 0 fully saturated rings. The number of aryl methyl sites for hydroxylation is 1. The maximum absolute atomic E-state index is 11.2. The molecule has 4 N–H and O–H groups in total. The topological polar surface area (TPSA) is 101 Å². The first kappa shape index (κ1) is 11.1. The third-order valence-corrected chi connectivity index (χ3v) is 1.77. The van der Waals surface area contributed by atoms with E-state index in [4.69, 9.17) is 15.4 Å². The second-order valence-electron chi connectivity index (χ2n) is 2.95. The lowest BCUT2D eigenvalue weighted by Gasteiger charge is -2.02. The van der Waals surface area contributed by atoms with Crippen LogP contribution in [0.2, 0.25) is 0 Å². The molecule has 0 aliphatic heterocycles. The zero-order valence-corrected chi connectivity index (χ0v) is 8.14. The van der Waals surface area contributed by atoms with E-state index in [9.17, 15) is 4.79 Å². The number of nitrogens with zero attached hydrogens (tertiary/aromatic N) is 1. The first-order valence-electron chi connectivity index (χ1n) is 4.48. The average molecular weight is 211 g/mol. The highest BCUT2D eigenvalue weighted by Gasteiger charge is 2.04. The van der Waals surface area contributed by atoms with Crippen LogP contribution in [0.4, 0.5) is 0 Å². The summed E-state index contributed by atoms with van der Waals surface area (Å²) in [7, 11) is 0. The number of carbonyl (C=O) groups excluding carboxylic acids is 1. The van der Waals surface area contributed by atoms with Gasteiger partial charge in [-0.1, -0.05) is 5.16 Å². The second kappa shape index (κ2) is 5.69. The van der Waals surface area contributed by atoms with E-state index >= 15 is 0 Å². The van der Waals surface area contributed by atoms with Crippen molar-refractivity contribution in [2.75, 3.05) is 6.54 Å². The van der Waals surface area contributed by atoms with Gasteiger partial charge in [0.1, 0.15) is 5.76 Å². The van der Waals surface area contributed by atoms with Crippen LogP contribution in [0.25, 0.3) is 0 Å². The smallest absolute Gasteiger partial charge is 0.220 e. The Morgan fingerprint density at radius 2 is 2.47 bits per heavy atom. The lowest BCUT2D eigenvalue weighted by Crippen LogP contribution is -2.33. The Kier molecular flexibility index (Phi) is 4.21. The van der Waals surface area contributed by atoms with Crippen molar-refractivity contribution >= 4 is 11.7 Å². The van der Waals surface area contributed by atoms with Crippen LogP contribution in [-0.2, 0) is 11.2 Å². The lowest BCUT2D eigenvalue weighted by molar-refractivity contribution is -0.120. The number of nitrogens with two attached hydrogens (primary N) is 1. The molecule has 0 saturated heterocycles. The summed E-state index contributed by atoms with van der Waals surface area (Å²) in [5.41, 5.74) is 5.18. The third kappa shape index (κ3) is 4.17. The summed E-state index contributed by atoms with van der Waals surface area (Å²) in [4.78, 5) is 11.2. The largest absolute Gasteiger partial charge is 0.469 e. The van der Waals surface area contributed by atoms with E-state index in [-0.39, 0.29) is 18.3 Å². The number of carbonyl (C=O) groups is 1. The molecule has 0 aromatic carbocycles. The maximum atomic E-state index is 11.2. The van der Waals surface area contributed by atoms with E-state index in [1.54, 1.807) is 18.4 Å². The third-order valence-electron chi connectivity index (χ3n) is 1.77. The number of hydrogen-bond donors (Lipinski definition) is 3. The number of hydrogen-bond acceptors (Lipinski definition) is 4. The van der Waals surface area contributed by atoms with Crippen LogP contribution >= 0.6 is 0 Å². The average Bonchev–Trinajstić information content (AvgIpc) is 2.75. The van der Waals surface area contributed by atoms with E-state index in [1.165, 1.54) is 0 Å². The lowest BCUT2D eigenvalue weighted by atomic mass is 10.2. The van der Waals surface area contributed by atoms with Gasteiger partial charge in [-0.05, 0) is 12.1 Å². The zero-order valence-electron chi connectivity index (χ0n) is 8.14. The normalized spacial score (nSPS) is 11.3. The fourth-order valence-electron chi connectivity index (χ4n) is 1.00. The summed E-state index contributed by atoms with van der Waals surface area (Å²) in [6.45, 7) is 0.0491. The predicted octanol–water partition coefficient (Wildman–Crippen LogP) is 0.0748. The van der Waals surface area contributed by atoms with Crippen LogP contribution in [-0.4, -0.2) is 23.5 Å². The number of oxime groups is 1. The van der Waals surface area contributed by atoms with E-state index in [0.717, 1.165) is 5.76 Å². The van der Waals surface area contributed by atoms with Crippen molar-refractivity contribution in [3.8, 4) is 0 Å². The molecule has 0 aliphatic carbocycles. The highest BCUT2D eigenvalue weighted by molar-refractivity contribution is 5.86. The number of amidine groups is 1. The Bertz CT molecular complexity index is 332. The molecule has 0 unspecified atom stereocenters. The van der Waals surface area contributed by atoms with Crippen LogP contribution in [0.1, 0.15) is 12.2 Å². The molecular formula is C9H13N3O3. The molecule has 6 heteroatoms. The zero-order chi connectivity index (χ0) is 11.1. The van der Waals surface area contributed by atoms with E-state index in [0.29, 0.717) is 12.8 Å². The van der Waals surface area contributed by atoms with E-state index < -0.39 is 0 Å². The summed E-state index contributed by atoms with van der Waals surface area (Å²) in [5.74, 6) is 0.563. The van der Waals surface area contributed by atoms with Gasteiger partial charge >= 0.3 is 0 Å². The predicted molar refractivity (Wildman–Crippen MR) is 53.4 cm³/mol. The molecule has 0 aliphatic rings. The summed E-state index contributed by atoms with van der Waals surface area (Å²) in [6.07, 6.45) is 2.41. The van der Waals surface area contributed by atoms with Crippen molar-refractivity contribution in [1.29, 1.82) is 0 Å². The van der Waals surface area contributed by atoms with Gasteiger partial charge < -0.3 is 20.7 Å². The highest BCUT2D eigenvalue weighted by Crippen LogP contribution is 2.02. The molecule has 1 heterocycles. The number of furan rings is 1. The highest BCUT2D eigenvalue weighted by atomic mass is 16.4. The van der Waals surface area contributed by atoms with Crippen LogP contribution < -0.4 is 11.1 Å². The van der Waals surface area contributed by atoms with Gasteiger partial charge in [0.05, 0.1) is 12.8 Å². The van der Waals surface area contributed by atoms with Crippen LogP contribution in [0.5, 0.6) is 0 Å². The van der Waals surface area contributed by atoms with Gasteiger partial charge in [-0.2, -0.15) is 0 Å². The Labute approximate surface area is 86.7 Å². The van der Waals surface area contributed by atoms with Crippen molar-refractivity contribution in [3.63, 3.8) is 0 Å². The van der Waals surface area contributed by atoms with Gasteiger partial charge in [-0.3, -0.25) is 4.79 Å². The summed E-state index contributed by atoms with van der Waals surface area (Å²) in [6, 6.07) is 3.57. The van der Waals surface area contributed by atoms with Crippen molar-refractivity contribution < 1.29 is 14.4 Å². The first-order valence-corrected chi connectivity index (χ1v) is 4.48. The molecule has 1 aromatic rings. The maximum Gasteiger partial charge on any atom is 0.220 e. The fourth-order valence-corrected chi connectivity index (χ4v) is 1.00. The van der Waals surface area contributed by atoms with Gasteiger partial charge in [0.15, 0.2) is 5.84 Å². The molecule has 1 amide bonds. The molecule has 0 radical (unpaired) electrons. The Morgan fingerprint density at radius 3 is 3.07 bits per heavy atom. The number of amides is 1. The van der Waals surface area contributed by atoms with Crippen molar-refractivity contribution in [3.05, 3.63) is 24.2 Å². The Balaban J connectivity index is 2.19. The minimum absolute atomic E-state index is 0.0265. The quantitative estimate of drug-likeness (QED) is 0.278. The molecule has 1 aromatic heterocycles. The molecule has 0 spiro atoms. The van der Waals surface area contributed by atoms with Crippen LogP contribution in [0, 0.1) is 0 Å².